The highest BCUT2D eigenvalue weighted by atomic mass is 35.5. The minimum absolute atomic E-state index is 0.428. The molecule has 2 aromatic rings. The molecule has 28 heavy (non-hydrogen) atoms. The molecule has 0 saturated carbocycles. The van der Waals surface area contributed by atoms with Gasteiger partial charge in [-0.2, -0.15) is 0 Å². The summed E-state index contributed by atoms with van der Waals surface area (Å²) in [5.74, 6) is 1.92. The lowest BCUT2D eigenvalue weighted by molar-refractivity contribution is 0.459. The van der Waals surface area contributed by atoms with Crippen molar-refractivity contribution in [2.45, 2.75) is 31.7 Å². The molecule has 0 aliphatic carbocycles. The van der Waals surface area contributed by atoms with Crippen LogP contribution in [0.5, 0.6) is 0 Å². The van der Waals surface area contributed by atoms with Crippen LogP contribution in [0.1, 0.15) is 24.8 Å². The first-order valence-electron chi connectivity index (χ1n) is 9.73. The smallest absolute Gasteiger partial charge is 0.191 e. The van der Waals surface area contributed by atoms with Gasteiger partial charge in [0.25, 0.3) is 0 Å². The van der Waals surface area contributed by atoms with Gasteiger partial charge in [0.2, 0.25) is 0 Å². The van der Waals surface area contributed by atoms with Gasteiger partial charge in [-0.25, -0.2) is 4.98 Å². The molecule has 3 rings (SSSR count). The van der Waals surface area contributed by atoms with Crippen molar-refractivity contribution in [3.05, 3.63) is 58.2 Å². The van der Waals surface area contributed by atoms with Crippen molar-refractivity contribution in [3.8, 4) is 0 Å². The number of halogens is 2. The normalized spacial score (nSPS) is 15.5. The molecule has 1 aliphatic heterocycles. The molecule has 0 amide bonds. The molecule has 7 heteroatoms. The topological polar surface area (TPSA) is 52.6 Å². The van der Waals surface area contributed by atoms with Crippen LogP contribution in [0.25, 0.3) is 0 Å². The third kappa shape index (κ3) is 6.01. The van der Waals surface area contributed by atoms with Crippen LogP contribution in [0.4, 0.5) is 5.82 Å². The number of nitrogens with one attached hydrogen (secondary N) is 2. The van der Waals surface area contributed by atoms with Gasteiger partial charge in [0, 0.05) is 49.0 Å². The van der Waals surface area contributed by atoms with Crippen molar-refractivity contribution in [1.29, 1.82) is 0 Å². The van der Waals surface area contributed by atoms with E-state index in [1.54, 1.807) is 6.07 Å². The predicted octanol–water partition coefficient (Wildman–Crippen LogP) is 4.16. The van der Waals surface area contributed by atoms with E-state index in [1.165, 1.54) is 0 Å². The van der Waals surface area contributed by atoms with Crippen molar-refractivity contribution in [2.75, 3.05) is 31.6 Å². The molecule has 5 nitrogen and oxygen atoms in total. The van der Waals surface area contributed by atoms with Gasteiger partial charge in [-0.1, -0.05) is 35.3 Å². The molecule has 2 heterocycles. The van der Waals surface area contributed by atoms with Gasteiger partial charge < -0.3 is 15.5 Å². The Kier molecular flexibility index (Phi) is 7.80. The Bertz CT molecular complexity index is 774. The maximum absolute atomic E-state index is 6.23. The second-order valence-electron chi connectivity index (χ2n) is 6.93. The van der Waals surface area contributed by atoms with E-state index in [9.17, 15) is 0 Å². The molecule has 1 aromatic heterocycles. The third-order valence-corrected chi connectivity index (χ3v) is 5.55. The Morgan fingerprint density at radius 2 is 2.04 bits per heavy atom. The predicted molar refractivity (Wildman–Crippen MR) is 119 cm³/mol. The van der Waals surface area contributed by atoms with Crippen LogP contribution in [0.3, 0.4) is 0 Å². The highest BCUT2D eigenvalue weighted by molar-refractivity contribution is 6.35. The van der Waals surface area contributed by atoms with Crippen LogP contribution in [0.2, 0.25) is 10.0 Å². The Morgan fingerprint density at radius 3 is 2.71 bits per heavy atom. The van der Waals surface area contributed by atoms with E-state index in [2.05, 4.69) is 31.6 Å². The van der Waals surface area contributed by atoms with E-state index in [-0.39, 0.29) is 0 Å². The zero-order valence-electron chi connectivity index (χ0n) is 16.2. The average Bonchev–Trinajstić information content (AvgIpc) is 2.72. The molecule has 0 radical (unpaired) electrons. The van der Waals surface area contributed by atoms with Gasteiger partial charge in [-0.15, -0.1) is 0 Å². The summed E-state index contributed by atoms with van der Waals surface area (Å²) in [5.41, 5.74) is 1.12. The second kappa shape index (κ2) is 10.5. The molecular formula is C21H27Cl2N5. The number of rotatable bonds is 6. The number of aryl methyl sites for hydroxylation is 1. The first-order chi connectivity index (χ1) is 13.7. The molecule has 1 aliphatic rings. The number of aliphatic imine (C=N–C) groups is 1. The average molecular weight is 420 g/mol. The van der Waals surface area contributed by atoms with E-state index in [4.69, 9.17) is 23.2 Å². The lowest BCUT2D eigenvalue weighted by atomic mass is 10.1. The van der Waals surface area contributed by atoms with Crippen LogP contribution >= 0.6 is 23.2 Å². The van der Waals surface area contributed by atoms with Gasteiger partial charge in [0.05, 0.1) is 0 Å². The fourth-order valence-corrected chi connectivity index (χ4v) is 3.89. The van der Waals surface area contributed by atoms with Crippen molar-refractivity contribution >= 4 is 35.0 Å². The van der Waals surface area contributed by atoms with Crippen LogP contribution in [0, 0.1) is 0 Å². The van der Waals surface area contributed by atoms with Gasteiger partial charge in [-0.05, 0) is 55.5 Å². The Hall–Kier alpha value is -1.98. The Labute approximate surface area is 177 Å². The maximum atomic E-state index is 6.23. The van der Waals surface area contributed by atoms with E-state index >= 15 is 0 Å². The number of aromatic nitrogens is 1. The van der Waals surface area contributed by atoms with E-state index in [0.717, 1.165) is 67.7 Å². The number of hydrogen-bond donors (Lipinski definition) is 2. The fraction of sp³-hybridized carbons (Fsp3) is 0.429. The summed E-state index contributed by atoms with van der Waals surface area (Å²) < 4.78 is 0. The summed E-state index contributed by atoms with van der Waals surface area (Å²) in [6.07, 6.45) is 5.86. The molecule has 2 N–H and O–H groups in total. The lowest BCUT2D eigenvalue weighted by Crippen LogP contribution is -2.49. The minimum atomic E-state index is 0.428. The summed E-state index contributed by atoms with van der Waals surface area (Å²) in [6.45, 7) is 2.84. The first-order valence-corrected chi connectivity index (χ1v) is 10.5. The van der Waals surface area contributed by atoms with Gasteiger partial charge >= 0.3 is 0 Å². The lowest BCUT2D eigenvalue weighted by Gasteiger charge is -2.33. The van der Waals surface area contributed by atoms with Crippen molar-refractivity contribution in [3.63, 3.8) is 0 Å². The summed E-state index contributed by atoms with van der Waals surface area (Å²) >= 11 is 12.2. The number of hydrogen-bond acceptors (Lipinski definition) is 3. The van der Waals surface area contributed by atoms with Crippen molar-refractivity contribution in [2.24, 2.45) is 4.99 Å². The molecule has 1 fully saturated rings. The van der Waals surface area contributed by atoms with Crippen LogP contribution in [-0.4, -0.2) is 43.7 Å². The highest BCUT2D eigenvalue weighted by Gasteiger charge is 2.20. The van der Waals surface area contributed by atoms with Crippen molar-refractivity contribution in [1.82, 2.24) is 15.6 Å². The number of piperidine rings is 1. The van der Waals surface area contributed by atoms with Gasteiger partial charge in [0.15, 0.2) is 5.96 Å². The third-order valence-electron chi connectivity index (χ3n) is 4.96. The van der Waals surface area contributed by atoms with Crippen LogP contribution < -0.4 is 15.5 Å². The SMILES string of the molecule is CN=C(NCCCc1ccc(Cl)cc1Cl)NC1CCN(c2ccccn2)CC1. The molecule has 150 valence electrons. The zero-order valence-corrected chi connectivity index (χ0v) is 17.7. The van der Waals surface area contributed by atoms with Crippen LogP contribution in [0.15, 0.2) is 47.6 Å². The first kappa shape index (κ1) is 20.7. The molecule has 1 aromatic carbocycles. The number of guanidine groups is 1. The fourth-order valence-electron chi connectivity index (χ4n) is 3.39. The summed E-state index contributed by atoms with van der Waals surface area (Å²) in [4.78, 5) is 11.1. The van der Waals surface area contributed by atoms with Gasteiger partial charge in [-0.3, -0.25) is 4.99 Å². The molecule has 0 spiro atoms. The van der Waals surface area contributed by atoms with E-state index in [0.29, 0.717) is 11.1 Å². The Balaban J connectivity index is 1.38. The maximum Gasteiger partial charge on any atom is 0.191 e. The van der Waals surface area contributed by atoms with E-state index < -0.39 is 0 Å². The molecule has 0 bridgehead atoms. The second-order valence-corrected chi connectivity index (χ2v) is 7.78. The summed E-state index contributed by atoms with van der Waals surface area (Å²) in [5, 5.41) is 8.35. The Morgan fingerprint density at radius 1 is 1.21 bits per heavy atom. The monoisotopic (exact) mass is 419 g/mol. The molecular weight excluding hydrogens is 393 g/mol. The number of benzene rings is 1. The van der Waals surface area contributed by atoms with Crippen LogP contribution in [-0.2, 0) is 6.42 Å². The molecule has 1 saturated heterocycles. The van der Waals surface area contributed by atoms with E-state index in [1.807, 2.05) is 37.5 Å². The zero-order chi connectivity index (χ0) is 19.8. The highest BCUT2D eigenvalue weighted by Crippen LogP contribution is 2.22. The number of pyridine rings is 1. The summed E-state index contributed by atoms with van der Waals surface area (Å²) in [7, 11) is 1.81. The van der Waals surface area contributed by atoms with Gasteiger partial charge in [0.1, 0.15) is 5.82 Å². The largest absolute Gasteiger partial charge is 0.356 e. The number of nitrogens with zero attached hydrogens (tertiary/aromatic N) is 3. The quantitative estimate of drug-likeness (QED) is 0.419. The molecule has 0 atom stereocenters. The standard InChI is InChI=1S/C21H27Cl2N5/c1-24-21(26-12-4-5-16-7-8-17(22)15-19(16)23)27-18-9-13-28(14-10-18)20-6-2-3-11-25-20/h2-3,6-8,11,15,18H,4-5,9-10,12-14H2,1H3,(H2,24,26,27). The minimum Gasteiger partial charge on any atom is -0.356 e. The summed E-state index contributed by atoms with van der Waals surface area (Å²) in [6, 6.07) is 12.2. The molecule has 0 unspecified atom stereocenters. The van der Waals surface area contributed by atoms with Crippen molar-refractivity contribution < 1.29 is 0 Å². The number of anilines is 1.